The summed E-state index contributed by atoms with van der Waals surface area (Å²) in [7, 11) is -4.68. The van der Waals surface area contributed by atoms with Crippen molar-refractivity contribution < 1.29 is 37.1 Å². The number of fused-ring (bicyclic) bond motifs is 3. The number of hydrogen-bond acceptors (Lipinski definition) is 14. The minimum Gasteiger partial charge on any atom is -0.489 e. The van der Waals surface area contributed by atoms with E-state index < -0.39 is 43.6 Å². The SMILES string of the molecule is CC1(C)CCC(CN2CCN(c3ccc(C(=O)NS(=O)(=O)c4cc5c(c([N+](=O)[O-])c4)N[C@@H]([C@@H]4COCCO4)CO5)c(N4CCOc5nc6[nH]ccc6cc54)c3)CC2)=C(c2ccc(Cl)cc2)C1. The van der Waals surface area contributed by atoms with E-state index in [4.69, 9.17) is 35.5 Å². The highest BCUT2D eigenvalue weighted by molar-refractivity contribution is 7.90. The first-order valence-electron chi connectivity index (χ1n) is 22.2. The van der Waals surface area contributed by atoms with Crippen LogP contribution in [0.3, 0.4) is 0 Å². The van der Waals surface area contributed by atoms with Crippen molar-refractivity contribution in [2.75, 3.05) is 87.4 Å². The first-order valence-corrected chi connectivity index (χ1v) is 24.1. The molecule has 6 heterocycles. The van der Waals surface area contributed by atoms with Gasteiger partial charge in [0.1, 0.15) is 30.7 Å². The number of rotatable bonds is 10. The number of aromatic nitrogens is 2. The van der Waals surface area contributed by atoms with Crippen LogP contribution in [0.4, 0.5) is 28.4 Å². The van der Waals surface area contributed by atoms with Gasteiger partial charge in [0.15, 0.2) is 11.4 Å². The average molecular weight is 939 g/mol. The van der Waals surface area contributed by atoms with Gasteiger partial charge in [-0.05, 0) is 78.3 Å². The van der Waals surface area contributed by atoms with Crippen molar-refractivity contribution >= 4 is 72.6 Å². The zero-order valence-corrected chi connectivity index (χ0v) is 38.3. The largest absolute Gasteiger partial charge is 0.489 e. The first-order chi connectivity index (χ1) is 31.8. The molecule has 4 aliphatic heterocycles. The Balaban J connectivity index is 0.926. The molecule has 1 amide bonds. The van der Waals surface area contributed by atoms with Gasteiger partial charge in [-0.3, -0.25) is 19.8 Å². The number of ether oxygens (including phenoxy) is 4. The lowest BCUT2D eigenvalue weighted by Gasteiger charge is -2.39. The summed E-state index contributed by atoms with van der Waals surface area (Å²) in [6.07, 6.45) is 4.54. The number of nitrogens with zero attached hydrogens (tertiary/aromatic N) is 5. The van der Waals surface area contributed by atoms with Gasteiger partial charge in [-0.2, -0.15) is 4.98 Å². The maximum Gasteiger partial charge on any atom is 0.297 e. The number of halogens is 1. The number of nitro benzene ring substituents is 1. The molecule has 10 rings (SSSR count). The topological polar surface area (TPSA) is 194 Å². The number of aromatic amines is 1. The Hall–Kier alpha value is -5.92. The van der Waals surface area contributed by atoms with E-state index in [9.17, 15) is 23.3 Å². The van der Waals surface area contributed by atoms with Crippen molar-refractivity contribution in [3.8, 4) is 11.6 Å². The predicted molar refractivity (Wildman–Crippen MR) is 251 cm³/mol. The molecule has 5 aliphatic rings. The lowest BCUT2D eigenvalue weighted by Crippen LogP contribution is -2.47. The fourth-order valence-electron chi connectivity index (χ4n) is 9.60. The Morgan fingerprint density at radius 2 is 1.79 bits per heavy atom. The predicted octanol–water partition coefficient (Wildman–Crippen LogP) is 7.15. The second-order valence-electron chi connectivity index (χ2n) is 18.2. The van der Waals surface area contributed by atoms with Crippen LogP contribution < -0.4 is 29.3 Å². The molecule has 5 aromatic rings. The Labute approximate surface area is 387 Å². The number of piperazine rings is 1. The van der Waals surface area contributed by atoms with Crippen LogP contribution in [-0.4, -0.2) is 119 Å². The molecule has 2 fully saturated rings. The Bertz CT molecular complexity index is 2840. The van der Waals surface area contributed by atoms with E-state index in [0.717, 1.165) is 74.1 Å². The van der Waals surface area contributed by atoms with Crippen molar-refractivity contribution in [3.05, 3.63) is 105 Å². The Morgan fingerprint density at radius 3 is 2.56 bits per heavy atom. The number of hydrogen-bond donors (Lipinski definition) is 3. The molecule has 0 spiro atoms. The second kappa shape index (κ2) is 17.7. The molecule has 19 heteroatoms. The normalized spacial score (nSPS) is 21.0. The van der Waals surface area contributed by atoms with Crippen LogP contribution in [-0.2, 0) is 19.5 Å². The number of amides is 1. The van der Waals surface area contributed by atoms with Crippen LogP contribution in [0.15, 0.2) is 83.4 Å². The third kappa shape index (κ3) is 8.87. The number of nitrogens with one attached hydrogen (secondary N) is 3. The zero-order chi connectivity index (χ0) is 45.7. The van der Waals surface area contributed by atoms with Gasteiger partial charge < -0.3 is 39.0 Å². The van der Waals surface area contributed by atoms with Crippen molar-refractivity contribution in [3.63, 3.8) is 0 Å². The van der Waals surface area contributed by atoms with Gasteiger partial charge in [0.25, 0.3) is 21.6 Å². The third-order valence-corrected chi connectivity index (χ3v) is 14.8. The van der Waals surface area contributed by atoms with Crippen LogP contribution >= 0.6 is 11.6 Å². The number of pyridine rings is 1. The molecule has 1 aliphatic carbocycles. The van der Waals surface area contributed by atoms with E-state index in [0.29, 0.717) is 42.7 Å². The van der Waals surface area contributed by atoms with Gasteiger partial charge in [0.2, 0.25) is 5.88 Å². The summed E-state index contributed by atoms with van der Waals surface area (Å²) in [4.78, 5) is 40.1. The van der Waals surface area contributed by atoms with E-state index in [1.165, 1.54) is 22.8 Å². The van der Waals surface area contributed by atoms with Crippen molar-refractivity contribution in [2.24, 2.45) is 5.41 Å². The molecule has 2 atom stereocenters. The molecule has 3 N–H and O–H groups in total. The summed E-state index contributed by atoms with van der Waals surface area (Å²) in [5, 5.41) is 17.0. The maximum absolute atomic E-state index is 14.4. The molecule has 0 unspecified atom stereocenters. The van der Waals surface area contributed by atoms with Crippen molar-refractivity contribution in [1.82, 2.24) is 19.6 Å². The number of carbonyl (C=O) groups excluding carboxylic acids is 1. The van der Waals surface area contributed by atoms with Crippen LogP contribution in [0.25, 0.3) is 16.6 Å². The summed E-state index contributed by atoms with van der Waals surface area (Å²) in [6, 6.07) is 19.0. The highest BCUT2D eigenvalue weighted by Gasteiger charge is 2.37. The van der Waals surface area contributed by atoms with E-state index in [1.54, 1.807) is 12.3 Å². The summed E-state index contributed by atoms with van der Waals surface area (Å²) in [5.74, 6) is -0.586. The minimum absolute atomic E-state index is 0.0170. The fraction of sp³-hybridized carbons (Fsp3) is 0.404. The van der Waals surface area contributed by atoms with E-state index in [-0.39, 0.29) is 42.2 Å². The van der Waals surface area contributed by atoms with E-state index >= 15 is 0 Å². The highest BCUT2D eigenvalue weighted by Crippen LogP contribution is 2.45. The minimum atomic E-state index is -4.68. The zero-order valence-electron chi connectivity index (χ0n) is 36.7. The van der Waals surface area contributed by atoms with E-state index in [2.05, 4.69) is 50.8 Å². The monoisotopic (exact) mass is 938 g/mol. The standard InChI is InChI=1S/C47H51ClN8O9S/c1-47(2)11-9-31(36(25-47)29-3-5-32(48)6-4-29)26-53-13-15-54(16-14-53)33-7-8-35(38(22-33)55-17-18-64-46-40(55)21-30-10-12-49-44(30)51-46)45(57)52-66(60,61)34-23-39(56(58)59)43-41(24-34)65-27-37(50-43)42-28-62-19-20-63-42/h3-8,10,12,21-24,37,42,50H,9,11,13-20,25-28H2,1-2H3,(H,49,51)(H,52,57)/t37-,42+/m1/s1. The third-order valence-electron chi connectivity index (χ3n) is 13.2. The lowest BCUT2D eigenvalue weighted by atomic mass is 9.72. The molecule has 0 bridgehead atoms. The molecule has 3 aromatic carbocycles. The molecule has 346 valence electrons. The quantitative estimate of drug-likeness (QED) is 0.0944. The van der Waals surface area contributed by atoms with Crippen LogP contribution in [0.5, 0.6) is 11.6 Å². The number of anilines is 4. The van der Waals surface area contributed by atoms with Crippen LogP contribution in [0.1, 0.15) is 49.0 Å². The summed E-state index contributed by atoms with van der Waals surface area (Å²) < 4.78 is 53.6. The Kier molecular flexibility index (Phi) is 11.8. The molecule has 17 nitrogen and oxygen atoms in total. The molecule has 2 saturated heterocycles. The first kappa shape index (κ1) is 43.9. The number of carbonyl (C=O) groups is 1. The maximum atomic E-state index is 14.4. The van der Waals surface area contributed by atoms with Gasteiger partial charge in [0.05, 0.1) is 53.5 Å². The highest BCUT2D eigenvalue weighted by atomic mass is 35.5. The number of benzene rings is 3. The molecule has 66 heavy (non-hydrogen) atoms. The Morgan fingerprint density at radius 1 is 0.970 bits per heavy atom. The summed E-state index contributed by atoms with van der Waals surface area (Å²) in [6.45, 7) is 10.4. The molecule has 0 saturated carbocycles. The summed E-state index contributed by atoms with van der Waals surface area (Å²) in [5.41, 5.74) is 6.47. The van der Waals surface area contributed by atoms with Crippen molar-refractivity contribution in [1.29, 1.82) is 0 Å². The second-order valence-corrected chi connectivity index (χ2v) is 20.3. The number of nitro groups is 1. The lowest BCUT2D eigenvalue weighted by molar-refractivity contribution is -0.384. The molecular formula is C47H51ClN8O9S. The number of sulfonamides is 1. The molecule has 0 radical (unpaired) electrons. The van der Waals surface area contributed by atoms with Gasteiger partial charge in [-0.15, -0.1) is 0 Å². The fourth-order valence-corrected chi connectivity index (χ4v) is 10.7. The van der Waals surface area contributed by atoms with Gasteiger partial charge in [-0.1, -0.05) is 43.2 Å². The van der Waals surface area contributed by atoms with Crippen LogP contribution in [0, 0.1) is 15.5 Å². The average Bonchev–Trinajstić information content (AvgIpc) is 3.78. The number of H-pyrrole nitrogens is 1. The smallest absolute Gasteiger partial charge is 0.297 e. The van der Waals surface area contributed by atoms with Crippen LogP contribution in [0.2, 0.25) is 5.02 Å². The van der Waals surface area contributed by atoms with Gasteiger partial charge in [0, 0.05) is 67.1 Å². The number of allylic oxidation sites excluding steroid dienone is 1. The molecular weight excluding hydrogens is 888 g/mol. The molecule has 2 aromatic heterocycles. The van der Waals surface area contributed by atoms with Gasteiger partial charge >= 0.3 is 0 Å². The van der Waals surface area contributed by atoms with Crippen molar-refractivity contribution in [2.45, 2.75) is 50.2 Å². The summed E-state index contributed by atoms with van der Waals surface area (Å²) >= 11 is 6.27. The van der Waals surface area contributed by atoms with Gasteiger partial charge in [-0.25, -0.2) is 13.1 Å². The van der Waals surface area contributed by atoms with E-state index in [1.807, 2.05) is 41.3 Å².